The van der Waals surface area contributed by atoms with Crippen LogP contribution in [-0.2, 0) is 6.61 Å². The smallest absolute Gasteiger partial charge is 0.282 e. The Morgan fingerprint density at radius 2 is 1.71 bits per heavy atom. The van der Waals surface area contributed by atoms with Crippen LogP contribution in [0.3, 0.4) is 0 Å². The standard InChI is InChI=1S/C35H34IN3O3/c1-6-41-33-17-24(5)29(19-28(33)22(2)3)34-38-31-10-8-7-9-27(31)35(40)39(34)37-20-26-15-16-32(30(36)18-26)42-21-25-13-11-23(4)12-14-25/h7-20,22H,6,21H2,1-5H3. The first kappa shape index (κ1) is 29.5. The lowest BCUT2D eigenvalue weighted by Crippen LogP contribution is -2.21. The van der Waals surface area contributed by atoms with Gasteiger partial charge in [0.15, 0.2) is 5.82 Å². The molecule has 0 radical (unpaired) electrons. The zero-order valence-electron chi connectivity index (χ0n) is 24.5. The van der Waals surface area contributed by atoms with Gasteiger partial charge in [0.1, 0.15) is 18.1 Å². The zero-order valence-corrected chi connectivity index (χ0v) is 26.7. The van der Waals surface area contributed by atoms with Gasteiger partial charge in [-0.3, -0.25) is 4.79 Å². The Hall–Kier alpha value is -3.98. The highest BCUT2D eigenvalue weighted by molar-refractivity contribution is 14.1. The SMILES string of the molecule is CCOc1cc(C)c(-c2nc3ccccc3c(=O)n2N=Cc2ccc(OCc3ccc(C)cc3)c(I)c2)cc1C(C)C. The van der Waals surface area contributed by atoms with Crippen molar-refractivity contribution >= 4 is 39.7 Å². The molecule has 0 fully saturated rings. The van der Waals surface area contributed by atoms with E-state index in [0.29, 0.717) is 29.9 Å². The van der Waals surface area contributed by atoms with Crippen molar-refractivity contribution < 1.29 is 9.47 Å². The number of hydrogen-bond donors (Lipinski definition) is 0. The van der Waals surface area contributed by atoms with Crippen LogP contribution < -0.4 is 15.0 Å². The average molecular weight is 672 g/mol. The molecule has 7 heteroatoms. The summed E-state index contributed by atoms with van der Waals surface area (Å²) in [6.07, 6.45) is 1.69. The maximum absolute atomic E-state index is 13.8. The molecule has 0 saturated heterocycles. The number of rotatable bonds is 9. The first-order chi connectivity index (χ1) is 20.2. The number of nitrogens with zero attached hydrogens (tertiary/aromatic N) is 3. The monoisotopic (exact) mass is 671 g/mol. The molecule has 0 amide bonds. The van der Waals surface area contributed by atoms with Crippen LogP contribution in [0, 0.1) is 17.4 Å². The number of hydrogen-bond acceptors (Lipinski definition) is 5. The first-order valence-corrected chi connectivity index (χ1v) is 15.1. The van der Waals surface area contributed by atoms with E-state index in [-0.39, 0.29) is 11.5 Å². The highest BCUT2D eigenvalue weighted by Crippen LogP contribution is 2.34. The maximum atomic E-state index is 13.8. The van der Waals surface area contributed by atoms with E-state index < -0.39 is 0 Å². The molecule has 5 aromatic rings. The third kappa shape index (κ3) is 6.41. The van der Waals surface area contributed by atoms with E-state index in [1.807, 2.05) is 56.3 Å². The van der Waals surface area contributed by atoms with Crippen molar-refractivity contribution in [2.75, 3.05) is 6.61 Å². The number of fused-ring (bicyclic) bond motifs is 1. The highest BCUT2D eigenvalue weighted by Gasteiger charge is 2.18. The summed E-state index contributed by atoms with van der Waals surface area (Å²) in [5.41, 5.74) is 6.45. The van der Waals surface area contributed by atoms with Crippen LogP contribution in [0.25, 0.3) is 22.3 Å². The molecule has 1 heterocycles. The lowest BCUT2D eigenvalue weighted by atomic mass is 9.96. The predicted molar refractivity (Wildman–Crippen MR) is 179 cm³/mol. The van der Waals surface area contributed by atoms with Gasteiger partial charge in [-0.1, -0.05) is 55.8 Å². The molecule has 0 atom stereocenters. The number of ether oxygens (including phenoxy) is 2. The van der Waals surface area contributed by atoms with Gasteiger partial charge < -0.3 is 9.47 Å². The Morgan fingerprint density at radius 1 is 0.952 bits per heavy atom. The molecule has 214 valence electrons. The van der Waals surface area contributed by atoms with E-state index in [0.717, 1.165) is 42.9 Å². The highest BCUT2D eigenvalue weighted by atomic mass is 127. The molecule has 0 aliphatic heterocycles. The summed E-state index contributed by atoms with van der Waals surface area (Å²) >= 11 is 2.27. The molecule has 0 N–H and O–H groups in total. The quantitative estimate of drug-likeness (QED) is 0.117. The fourth-order valence-corrected chi connectivity index (χ4v) is 5.46. The molecule has 0 bridgehead atoms. The van der Waals surface area contributed by atoms with Crippen LogP contribution in [0.5, 0.6) is 11.5 Å². The van der Waals surface area contributed by atoms with Crippen molar-refractivity contribution in [1.82, 2.24) is 9.66 Å². The maximum Gasteiger partial charge on any atom is 0.282 e. The van der Waals surface area contributed by atoms with Gasteiger partial charge in [-0.2, -0.15) is 9.78 Å². The van der Waals surface area contributed by atoms with Crippen molar-refractivity contribution in [2.24, 2.45) is 5.10 Å². The Bertz CT molecular complexity index is 1830. The van der Waals surface area contributed by atoms with Gasteiger partial charge in [-0.05, 0) is 114 Å². The second kappa shape index (κ2) is 12.9. The van der Waals surface area contributed by atoms with Gasteiger partial charge in [0.25, 0.3) is 5.56 Å². The zero-order chi connectivity index (χ0) is 29.8. The van der Waals surface area contributed by atoms with Crippen LogP contribution in [-0.4, -0.2) is 22.5 Å². The molecule has 0 aliphatic carbocycles. The van der Waals surface area contributed by atoms with Crippen LogP contribution in [0.15, 0.2) is 88.8 Å². The molecule has 42 heavy (non-hydrogen) atoms. The van der Waals surface area contributed by atoms with Crippen molar-refractivity contribution in [2.45, 2.75) is 47.1 Å². The number of aromatic nitrogens is 2. The molecule has 5 rings (SSSR count). The minimum Gasteiger partial charge on any atom is -0.494 e. The number of aryl methyl sites for hydroxylation is 2. The van der Waals surface area contributed by atoms with E-state index >= 15 is 0 Å². The van der Waals surface area contributed by atoms with E-state index in [4.69, 9.17) is 19.6 Å². The third-order valence-corrected chi connectivity index (χ3v) is 7.91. The van der Waals surface area contributed by atoms with Crippen LogP contribution >= 0.6 is 22.6 Å². The fourth-order valence-electron chi connectivity index (χ4n) is 4.76. The van der Waals surface area contributed by atoms with Crippen LogP contribution in [0.4, 0.5) is 0 Å². The number of halogens is 1. The molecule has 4 aromatic carbocycles. The van der Waals surface area contributed by atoms with Gasteiger partial charge in [-0.15, -0.1) is 0 Å². The summed E-state index contributed by atoms with van der Waals surface area (Å²) in [6, 6.07) is 25.7. The minimum atomic E-state index is -0.223. The topological polar surface area (TPSA) is 65.7 Å². The molecule has 6 nitrogen and oxygen atoms in total. The normalized spacial score (nSPS) is 11.5. The van der Waals surface area contributed by atoms with Crippen LogP contribution in [0.1, 0.15) is 54.5 Å². The van der Waals surface area contributed by atoms with E-state index in [1.165, 1.54) is 10.2 Å². The molecule has 0 saturated carbocycles. The summed E-state index contributed by atoms with van der Waals surface area (Å²) in [7, 11) is 0. The summed E-state index contributed by atoms with van der Waals surface area (Å²) in [4.78, 5) is 18.7. The van der Waals surface area contributed by atoms with Gasteiger partial charge in [0.2, 0.25) is 0 Å². The fraction of sp³-hybridized carbons (Fsp3) is 0.229. The number of benzene rings is 4. The first-order valence-electron chi connectivity index (χ1n) is 14.1. The molecule has 0 aliphatic rings. The van der Waals surface area contributed by atoms with Crippen molar-refractivity contribution in [3.8, 4) is 22.9 Å². The Balaban J connectivity index is 1.53. The average Bonchev–Trinajstić information content (AvgIpc) is 2.97. The lowest BCUT2D eigenvalue weighted by molar-refractivity contribution is 0.304. The minimum absolute atomic E-state index is 0.223. The van der Waals surface area contributed by atoms with E-state index in [1.54, 1.807) is 12.3 Å². The van der Waals surface area contributed by atoms with Gasteiger partial charge in [-0.25, -0.2) is 4.98 Å². The summed E-state index contributed by atoms with van der Waals surface area (Å²) in [5, 5.41) is 5.21. The third-order valence-electron chi connectivity index (χ3n) is 7.07. The van der Waals surface area contributed by atoms with Gasteiger partial charge in [0, 0.05) is 5.56 Å². The van der Waals surface area contributed by atoms with Crippen molar-refractivity contribution in [1.29, 1.82) is 0 Å². The Morgan fingerprint density at radius 3 is 2.43 bits per heavy atom. The Labute approximate surface area is 260 Å². The van der Waals surface area contributed by atoms with E-state index in [9.17, 15) is 4.79 Å². The van der Waals surface area contributed by atoms with Crippen molar-refractivity contribution in [3.05, 3.63) is 121 Å². The predicted octanol–water partition coefficient (Wildman–Crippen LogP) is 8.27. The van der Waals surface area contributed by atoms with Gasteiger partial charge >= 0.3 is 0 Å². The summed E-state index contributed by atoms with van der Waals surface area (Å²) < 4.78 is 14.4. The second-order valence-electron chi connectivity index (χ2n) is 10.6. The van der Waals surface area contributed by atoms with Crippen LogP contribution in [0.2, 0.25) is 0 Å². The molecular weight excluding hydrogens is 637 g/mol. The Kier molecular flexibility index (Phi) is 9.06. The summed E-state index contributed by atoms with van der Waals surface area (Å²) in [5.74, 6) is 2.37. The van der Waals surface area contributed by atoms with E-state index in [2.05, 4.69) is 73.7 Å². The summed E-state index contributed by atoms with van der Waals surface area (Å²) in [6.45, 7) is 11.4. The number of para-hydroxylation sites is 1. The molecule has 0 spiro atoms. The van der Waals surface area contributed by atoms with Gasteiger partial charge in [0.05, 0.1) is 27.3 Å². The molecule has 0 unspecified atom stereocenters. The second-order valence-corrected chi connectivity index (χ2v) is 11.7. The molecular formula is C35H34IN3O3. The molecule has 1 aromatic heterocycles. The lowest BCUT2D eigenvalue weighted by Gasteiger charge is -2.18. The van der Waals surface area contributed by atoms with Crippen molar-refractivity contribution in [3.63, 3.8) is 0 Å². The largest absolute Gasteiger partial charge is 0.494 e.